The third-order valence-electron chi connectivity index (χ3n) is 3.38. The van der Waals surface area contributed by atoms with Gasteiger partial charge in [0.05, 0.1) is 0 Å². The Morgan fingerprint density at radius 1 is 1.05 bits per heavy atom. The van der Waals surface area contributed by atoms with E-state index in [1.165, 1.54) is 11.1 Å². The first-order valence-corrected chi connectivity index (χ1v) is 6.93. The molecule has 1 aromatic carbocycles. The Morgan fingerprint density at radius 2 is 1.79 bits per heavy atom. The van der Waals surface area contributed by atoms with E-state index < -0.39 is 0 Å². The molecule has 0 aliphatic carbocycles. The molecule has 0 unspecified atom stereocenters. The van der Waals surface area contributed by atoms with Gasteiger partial charge in [0.15, 0.2) is 0 Å². The third-order valence-corrected chi connectivity index (χ3v) is 3.67. The lowest BCUT2D eigenvalue weighted by molar-refractivity contribution is 0.883. The standard InChI is InChI=1S/C16H19ClN2/c1-12-6-4-5-7-15(12)11-19(3)16-9-8-14(10-17)13(2)18-16/h4-9H,10-11H2,1-3H3. The highest BCUT2D eigenvalue weighted by atomic mass is 35.5. The lowest BCUT2D eigenvalue weighted by Gasteiger charge is -2.20. The Kier molecular flexibility index (Phi) is 4.43. The number of anilines is 1. The molecule has 0 bridgehead atoms. The third kappa shape index (κ3) is 3.27. The molecule has 2 aromatic rings. The summed E-state index contributed by atoms with van der Waals surface area (Å²) in [6.07, 6.45) is 0. The normalized spacial score (nSPS) is 10.5. The SMILES string of the molecule is Cc1ccccc1CN(C)c1ccc(CCl)c(C)n1. The van der Waals surface area contributed by atoms with E-state index in [1.54, 1.807) is 0 Å². The van der Waals surface area contributed by atoms with Crippen molar-refractivity contribution in [1.82, 2.24) is 4.98 Å². The van der Waals surface area contributed by atoms with Crippen LogP contribution in [0.4, 0.5) is 5.82 Å². The van der Waals surface area contributed by atoms with Gasteiger partial charge in [0.2, 0.25) is 0 Å². The lowest BCUT2D eigenvalue weighted by atomic mass is 10.1. The van der Waals surface area contributed by atoms with Crippen molar-refractivity contribution in [2.45, 2.75) is 26.3 Å². The van der Waals surface area contributed by atoms with Crippen LogP contribution in [0.1, 0.15) is 22.4 Å². The summed E-state index contributed by atoms with van der Waals surface area (Å²) >= 11 is 5.86. The van der Waals surface area contributed by atoms with Gasteiger partial charge in [0.1, 0.15) is 5.82 Å². The summed E-state index contributed by atoms with van der Waals surface area (Å²) < 4.78 is 0. The van der Waals surface area contributed by atoms with E-state index in [9.17, 15) is 0 Å². The highest BCUT2D eigenvalue weighted by Crippen LogP contribution is 2.18. The van der Waals surface area contributed by atoms with Crippen LogP contribution in [0.3, 0.4) is 0 Å². The predicted molar refractivity (Wildman–Crippen MR) is 81.8 cm³/mol. The molecular weight excluding hydrogens is 256 g/mol. The Hall–Kier alpha value is -1.54. The average molecular weight is 275 g/mol. The maximum absolute atomic E-state index is 5.86. The van der Waals surface area contributed by atoms with Gasteiger partial charge in [-0.05, 0) is 36.6 Å². The topological polar surface area (TPSA) is 16.1 Å². The summed E-state index contributed by atoms with van der Waals surface area (Å²) in [6, 6.07) is 12.5. The van der Waals surface area contributed by atoms with E-state index in [1.807, 2.05) is 13.0 Å². The van der Waals surface area contributed by atoms with Gasteiger partial charge in [-0.1, -0.05) is 30.3 Å². The summed E-state index contributed by atoms with van der Waals surface area (Å²) in [5.74, 6) is 1.50. The van der Waals surface area contributed by atoms with Crippen molar-refractivity contribution in [2.24, 2.45) is 0 Å². The second-order valence-corrected chi connectivity index (χ2v) is 5.10. The molecule has 0 saturated carbocycles. The molecule has 1 heterocycles. The maximum atomic E-state index is 5.86. The van der Waals surface area contributed by atoms with Gasteiger partial charge in [-0.3, -0.25) is 0 Å². The Bertz CT molecular complexity index is 566. The van der Waals surface area contributed by atoms with Crippen LogP contribution in [0.15, 0.2) is 36.4 Å². The number of nitrogens with zero attached hydrogens (tertiary/aromatic N) is 2. The van der Waals surface area contributed by atoms with Crippen LogP contribution >= 0.6 is 11.6 Å². The Labute approximate surface area is 120 Å². The molecule has 0 atom stereocenters. The number of aryl methyl sites for hydroxylation is 2. The van der Waals surface area contributed by atoms with Gasteiger partial charge in [-0.15, -0.1) is 11.6 Å². The van der Waals surface area contributed by atoms with E-state index in [2.05, 4.69) is 54.2 Å². The number of rotatable bonds is 4. The molecule has 1 aromatic heterocycles. The Morgan fingerprint density at radius 3 is 2.42 bits per heavy atom. The second kappa shape index (κ2) is 6.07. The van der Waals surface area contributed by atoms with Crippen molar-refractivity contribution in [3.05, 3.63) is 58.8 Å². The first-order chi connectivity index (χ1) is 9.11. The van der Waals surface area contributed by atoms with Crippen LogP contribution in [-0.2, 0) is 12.4 Å². The summed E-state index contributed by atoms with van der Waals surface area (Å²) in [5.41, 5.74) is 4.73. The monoisotopic (exact) mass is 274 g/mol. The summed E-state index contributed by atoms with van der Waals surface area (Å²) in [5, 5.41) is 0. The van der Waals surface area contributed by atoms with Crippen LogP contribution in [0.25, 0.3) is 0 Å². The van der Waals surface area contributed by atoms with Crippen molar-refractivity contribution < 1.29 is 0 Å². The van der Waals surface area contributed by atoms with E-state index in [4.69, 9.17) is 11.6 Å². The highest BCUT2D eigenvalue weighted by Gasteiger charge is 2.07. The highest BCUT2D eigenvalue weighted by molar-refractivity contribution is 6.17. The first-order valence-electron chi connectivity index (χ1n) is 6.40. The molecule has 0 radical (unpaired) electrons. The fraction of sp³-hybridized carbons (Fsp3) is 0.312. The molecule has 19 heavy (non-hydrogen) atoms. The van der Waals surface area contributed by atoms with Gasteiger partial charge in [0, 0.05) is 25.2 Å². The number of pyridine rings is 1. The first kappa shape index (κ1) is 13.9. The minimum absolute atomic E-state index is 0.515. The molecule has 2 nitrogen and oxygen atoms in total. The summed E-state index contributed by atoms with van der Waals surface area (Å²) in [7, 11) is 2.06. The van der Waals surface area contributed by atoms with Crippen molar-refractivity contribution in [3.63, 3.8) is 0 Å². The van der Waals surface area contributed by atoms with Gasteiger partial charge in [-0.2, -0.15) is 0 Å². The number of benzene rings is 1. The van der Waals surface area contributed by atoms with E-state index >= 15 is 0 Å². The molecule has 3 heteroatoms. The molecule has 0 saturated heterocycles. The van der Waals surface area contributed by atoms with Gasteiger partial charge in [0.25, 0.3) is 0 Å². The number of hydrogen-bond acceptors (Lipinski definition) is 2. The van der Waals surface area contributed by atoms with Crippen molar-refractivity contribution >= 4 is 17.4 Å². The summed E-state index contributed by atoms with van der Waals surface area (Å²) in [4.78, 5) is 6.77. The summed E-state index contributed by atoms with van der Waals surface area (Å²) in [6.45, 7) is 5.00. The zero-order valence-electron chi connectivity index (χ0n) is 11.7. The van der Waals surface area contributed by atoms with E-state index in [0.29, 0.717) is 5.88 Å². The predicted octanol–water partition coefficient (Wildman–Crippen LogP) is 4.07. The molecule has 0 fully saturated rings. The number of alkyl halides is 1. The Balaban J connectivity index is 2.18. The minimum Gasteiger partial charge on any atom is -0.355 e. The zero-order valence-corrected chi connectivity index (χ0v) is 12.4. The number of aromatic nitrogens is 1. The molecule has 0 aliphatic heterocycles. The second-order valence-electron chi connectivity index (χ2n) is 4.83. The molecular formula is C16H19ClN2. The van der Waals surface area contributed by atoms with Crippen LogP contribution in [0.5, 0.6) is 0 Å². The lowest BCUT2D eigenvalue weighted by Crippen LogP contribution is -2.18. The van der Waals surface area contributed by atoms with Crippen LogP contribution in [0.2, 0.25) is 0 Å². The minimum atomic E-state index is 0.515. The van der Waals surface area contributed by atoms with Crippen molar-refractivity contribution in [2.75, 3.05) is 11.9 Å². The quantitative estimate of drug-likeness (QED) is 0.781. The van der Waals surface area contributed by atoms with Crippen molar-refractivity contribution in [3.8, 4) is 0 Å². The maximum Gasteiger partial charge on any atom is 0.128 e. The molecule has 0 aliphatic rings. The van der Waals surface area contributed by atoms with Gasteiger partial charge >= 0.3 is 0 Å². The fourth-order valence-corrected chi connectivity index (χ4v) is 2.34. The van der Waals surface area contributed by atoms with E-state index in [-0.39, 0.29) is 0 Å². The van der Waals surface area contributed by atoms with Crippen molar-refractivity contribution in [1.29, 1.82) is 0 Å². The van der Waals surface area contributed by atoms with Gasteiger partial charge in [-0.25, -0.2) is 4.98 Å². The number of halogens is 1. The molecule has 0 N–H and O–H groups in total. The molecule has 2 rings (SSSR count). The molecule has 0 amide bonds. The zero-order chi connectivity index (χ0) is 13.8. The average Bonchev–Trinajstić information content (AvgIpc) is 2.41. The van der Waals surface area contributed by atoms with E-state index in [0.717, 1.165) is 23.6 Å². The number of hydrogen-bond donors (Lipinski definition) is 0. The van der Waals surface area contributed by atoms with Gasteiger partial charge < -0.3 is 4.90 Å². The molecule has 100 valence electrons. The smallest absolute Gasteiger partial charge is 0.128 e. The fourth-order valence-electron chi connectivity index (χ4n) is 2.05. The van der Waals surface area contributed by atoms with Crippen LogP contribution < -0.4 is 4.90 Å². The molecule has 0 spiro atoms. The van der Waals surface area contributed by atoms with Crippen LogP contribution in [-0.4, -0.2) is 12.0 Å². The van der Waals surface area contributed by atoms with Crippen LogP contribution in [0, 0.1) is 13.8 Å². The largest absolute Gasteiger partial charge is 0.355 e.